The number of rotatable bonds is 6. The fraction of sp³-hybridized carbons (Fsp3) is 0.280. The van der Waals surface area contributed by atoms with Gasteiger partial charge >= 0.3 is 5.97 Å². The lowest BCUT2D eigenvalue weighted by molar-refractivity contribution is -0.123. The topological polar surface area (TPSA) is 102 Å². The second kappa shape index (κ2) is 9.28. The molecular formula is C25H24N2O6. The van der Waals surface area contributed by atoms with Crippen LogP contribution in [-0.2, 0) is 19.1 Å². The van der Waals surface area contributed by atoms with Gasteiger partial charge in [0.15, 0.2) is 6.61 Å². The SMILES string of the molecule is COc1ccc(NC(=O)COC(=O)c2ccc(N3C(=O)[C@H]4[C@@H](C)C=CC[C@H]4C3=O)cc2)cc1. The Morgan fingerprint density at radius 1 is 1.03 bits per heavy atom. The van der Waals surface area contributed by atoms with Crippen molar-refractivity contribution in [1.29, 1.82) is 0 Å². The fourth-order valence-electron chi connectivity index (χ4n) is 4.23. The zero-order valence-corrected chi connectivity index (χ0v) is 18.3. The van der Waals surface area contributed by atoms with Crippen molar-refractivity contribution in [2.45, 2.75) is 13.3 Å². The first kappa shape index (κ1) is 22.3. The van der Waals surface area contributed by atoms with Gasteiger partial charge in [0.2, 0.25) is 11.8 Å². The van der Waals surface area contributed by atoms with Crippen molar-refractivity contribution in [1.82, 2.24) is 0 Å². The number of benzene rings is 2. The predicted molar refractivity (Wildman–Crippen MR) is 121 cm³/mol. The summed E-state index contributed by atoms with van der Waals surface area (Å²) in [7, 11) is 1.55. The Labute approximate surface area is 191 Å². The first-order valence-electron chi connectivity index (χ1n) is 10.6. The molecule has 33 heavy (non-hydrogen) atoms. The monoisotopic (exact) mass is 448 g/mol. The van der Waals surface area contributed by atoms with Crippen molar-refractivity contribution in [2.24, 2.45) is 17.8 Å². The number of methoxy groups -OCH3 is 1. The second-order valence-electron chi connectivity index (χ2n) is 8.07. The highest BCUT2D eigenvalue weighted by atomic mass is 16.5. The molecule has 1 N–H and O–H groups in total. The minimum Gasteiger partial charge on any atom is -0.497 e. The summed E-state index contributed by atoms with van der Waals surface area (Å²) in [6.45, 7) is 1.48. The van der Waals surface area contributed by atoms with Crippen LogP contribution in [0.5, 0.6) is 5.75 Å². The summed E-state index contributed by atoms with van der Waals surface area (Å²) < 4.78 is 10.1. The number of imide groups is 1. The summed E-state index contributed by atoms with van der Waals surface area (Å²) in [6, 6.07) is 12.8. The minimum absolute atomic E-state index is 0.00325. The number of nitrogens with one attached hydrogen (secondary N) is 1. The number of carbonyl (C=O) groups excluding carboxylic acids is 4. The normalized spacial score (nSPS) is 21.5. The zero-order chi connectivity index (χ0) is 23.5. The van der Waals surface area contributed by atoms with Crippen molar-refractivity contribution in [2.75, 3.05) is 23.9 Å². The van der Waals surface area contributed by atoms with Crippen molar-refractivity contribution >= 4 is 35.1 Å². The number of anilines is 2. The Morgan fingerprint density at radius 2 is 1.73 bits per heavy atom. The highest BCUT2D eigenvalue weighted by molar-refractivity contribution is 6.22. The number of nitrogens with zero attached hydrogens (tertiary/aromatic N) is 1. The standard InChI is InChI=1S/C25H24N2O6/c1-15-4-3-5-20-22(15)24(30)27(23(20)29)18-10-6-16(7-11-18)25(31)33-14-21(28)26-17-8-12-19(32-2)13-9-17/h3-4,6-13,15,20,22H,5,14H2,1-2H3,(H,26,28)/t15-,20+,22-/m0/s1. The summed E-state index contributed by atoms with van der Waals surface area (Å²) in [5, 5.41) is 2.63. The quantitative estimate of drug-likeness (QED) is 0.414. The number of allylic oxidation sites excluding steroid dienone is 2. The molecule has 2 aliphatic rings. The van der Waals surface area contributed by atoms with E-state index in [0.717, 1.165) is 0 Å². The number of hydrogen-bond donors (Lipinski definition) is 1. The summed E-state index contributed by atoms with van der Waals surface area (Å²) in [6.07, 6.45) is 4.48. The molecule has 1 aliphatic heterocycles. The van der Waals surface area contributed by atoms with E-state index in [1.165, 1.54) is 17.0 Å². The van der Waals surface area contributed by atoms with Crippen molar-refractivity contribution in [3.63, 3.8) is 0 Å². The largest absolute Gasteiger partial charge is 0.497 e. The Morgan fingerprint density at radius 3 is 2.36 bits per heavy atom. The average Bonchev–Trinajstić information content (AvgIpc) is 3.09. The lowest BCUT2D eigenvalue weighted by atomic mass is 9.78. The molecule has 0 unspecified atom stereocenters. The third kappa shape index (κ3) is 4.50. The number of esters is 1. The van der Waals surface area contributed by atoms with Crippen LogP contribution < -0.4 is 15.0 Å². The molecule has 0 radical (unpaired) electrons. The number of carbonyl (C=O) groups is 4. The van der Waals surface area contributed by atoms with Crippen LogP contribution in [0.15, 0.2) is 60.7 Å². The van der Waals surface area contributed by atoms with Gasteiger partial charge in [-0.2, -0.15) is 0 Å². The van der Waals surface area contributed by atoms with Crippen molar-refractivity contribution in [3.05, 3.63) is 66.2 Å². The molecule has 8 nitrogen and oxygen atoms in total. The van der Waals surface area contributed by atoms with Crippen LogP contribution in [-0.4, -0.2) is 37.4 Å². The van der Waals surface area contributed by atoms with Gasteiger partial charge in [-0.25, -0.2) is 4.79 Å². The molecular weight excluding hydrogens is 424 g/mol. The van der Waals surface area contributed by atoms with E-state index in [1.807, 2.05) is 19.1 Å². The van der Waals surface area contributed by atoms with E-state index in [9.17, 15) is 19.2 Å². The highest BCUT2D eigenvalue weighted by Gasteiger charge is 2.50. The molecule has 1 fully saturated rings. The molecule has 170 valence electrons. The van der Waals surface area contributed by atoms with Crippen LogP contribution in [0.2, 0.25) is 0 Å². The van der Waals surface area contributed by atoms with Crippen LogP contribution in [0.1, 0.15) is 23.7 Å². The Balaban J connectivity index is 1.35. The molecule has 8 heteroatoms. The number of hydrogen-bond acceptors (Lipinski definition) is 6. The maximum Gasteiger partial charge on any atom is 0.338 e. The molecule has 3 amide bonds. The lowest BCUT2D eigenvalue weighted by Gasteiger charge is -2.22. The first-order valence-corrected chi connectivity index (χ1v) is 10.6. The predicted octanol–water partition coefficient (Wildman–Crippen LogP) is 3.19. The van der Waals surface area contributed by atoms with Gasteiger partial charge in [0, 0.05) is 5.69 Å². The van der Waals surface area contributed by atoms with Gasteiger partial charge in [0.25, 0.3) is 5.91 Å². The lowest BCUT2D eigenvalue weighted by Crippen LogP contribution is -2.31. The Bertz CT molecular complexity index is 1110. The third-order valence-electron chi connectivity index (χ3n) is 5.94. The van der Waals surface area contributed by atoms with E-state index in [4.69, 9.17) is 9.47 Å². The smallest absolute Gasteiger partial charge is 0.338 e. The molecule has 0 spiro atoms. The Kier molecular flexibility index (Phi) is 6.26. The molecule has 1 heterocycles. The van der Waals surface area contributed by atoms with Crippen LogP contribution in [0.25, 0.3) is 0 Å². The van der Waals surface area contributed by atoms with Gasteiger partial charge < -0.3 is 14.8 Å². The number of ether oxygens (including phenoxy) is 2. The van der Waals surface area contributed by atoms with Gasteiger partial charge in [0.05, 0.1) is 30.2 Å². The third-order valence-corrected chi connectivity index (χ3v) is 5.94. The molecule has 2 aromatic carbocycles. The van der Waals surface area contributed by atoms with Gasteiger partial charge in [-0.05, 0) is 60.9 Å². The molecule has 2 aromatic rings. The van der Waals surface area contributed by atoms with Crippen LogP contribution in [0, 0.1) is 17.8 Å². The van der Waals surface area contributed by atoms with Crippen molar-refractivity contribution < 1.29 is 28.7 Å². The zero-order valence-electron chi connectivity index (χ0n) is 18.3. The van der Waals surface area contributed by atoms with Crippen LogP contribution in [0.4, 0.5) is 11.4 Å². The van der Waals surface area contributed by atoms with E-state index in [2.05, 4.69) is 5.32 Å². The summed E-state index contributed by atoms with van der Waals surface area (Å²) in [5.74, 6) is -1.63. The van der Waals surface area contributed by atoms with E-state index < -0.39 is 18.5 Å². The molecule has 1 aliphatic carbocycles. The second-order valence-corrected chi connectivity index (χ2v) is 8.07. The van der Waals surface area contributed by atoms with Crippen LogP contribution in [0.3, 0.4) is 0 Å². The fourth-order valence-corrected chi connectivity index (χ4v) is 4.23. The molecule has 0 aromatic heterocycles. The van der Waals surface area contributed by atoms with E-state index in [1.54, 1.807) is 43.5 Å². The number of amides is 3. The van der Waals surface area contributed by atoms with E-state index in [0.29, 0.717) is 23.5 Å². The average molecular weight is 448 g/mol. The molecule has 4 rings (SSSR count). The molecule has 1 saturated heterocycles. The van der Waals surface area contributed by atoms with Crippen LogP contribution >= 0.6 is 0 Å². The van der Waals surface area contributed by atoms with Gasteiger partial charge in [-0.1, -0.05) is 19.1 Å². The van der Waals surface area contributed by atoms with Gasteiger partial charge in [-0.3, -0.25) is 19.3 Å². The molecule has 3 atom stereocenters. The maximum absolute atomic E-state index is 12.9. The Hall–Kier alpha value is -3.94. The van der Waals surface area contributed by atoms with Gasteiger partial charge in [-0.15, -0.1) is 0 Å². The summed E-state index contributed by atoms with van der Waals surface area (Å²) in [5.41, 5.74) is 1.18. The van der Waals surface area contributed by atoms with Gasteiger partial charge in [0.1, 0.15) is 5.75 Å². The maximum atomic E-state index is 12.9. The van der Waals surface area contributed by atoms with Crippen molar-refractivity contribution in [3.8, 4) is 5.75 Å². The van der Waals surface area contributed by atoms with E-state index >= 15 is 0 Å². The molecule has 0 bridgehead atoms. The van der Waals surface area contributed by atoms with E-state index in [-0.39, 0.29) is 35.1 Å². The minimum atomic E-state index is -0.683. The molecule has 0 saturated carbocycles. The summed E-state index contributed by atoms with van der Waals surface area (Å²) >= 11 is 0. The highest BCUT2D eigenvalue weighted by Crippen LogP contribution is 2.40. The summed E-state index contributed by atoms with van der Waals surface area (Å²) in [4.78, 5) is 51.2. The first-order chi connectivity index (χ1) is 15.9. The number of fused-ring (bicyclic) bond motifs is 1.